The highest BCUT2D eigenvalue weighted by Gasteiger charge is 2.53. The van der Waals surface area contributed by atoms with Gasteiger partial charge in [0.15, 0.2) is 5.60 Å². The highest BCUT2D eigenvalue weighted by molar-refractivity contribution is 5.72. The van der Waals surface area contributed by atoms with E-state index < -0.39 is 23.9 Å². The van der Waals surface area contributed by atoms with Crippen molar-refractivity contribution in [3.05, 3.63) is 18.2 Å². The summed E-state index contributed by atoms with van der Waals surface area (Å²) in [5.74, 6) is 0.361. The van der Waals surface area contributed by atoms with Crippen LogP contribution in [0.15, 0.2) is 12.4 Å². The number of aromatic amines is 1. The quantitative estimate of drug-likeness (QED) is 0.531. The molecular weight excluding hydrogens is 252 g/mol. The van der Waals surface area contributed by atoms with Gasteiger partial charge in [-0.05, 0) is 6.92 Å². The molecule has 0 aromatic carbocycles. The molecular formula is C11H14N4O4. The number of fused-ring (bicyclic) bond motifs is 1. The Kier molecular flexibility index (Phi) is 2.75. The van der Waals surface area contributed by atoms with Crippen molar-refractivity contribution in [2.45, 2.75) is 30.8 Å². The molecule has 2 aromatic rings. The van der Waals surface area contributed by atoms with E-state index in [0.717, 1.165) is 0 Å². The Hall–Kier alpha value is -1.61. The number of nitrogens with one attached hydrogen (secondary N) is 1. The summed E-state index contributed by atoms with van der Waals surface area (Å²) < 4.78 is 5.55. The van der Waals surface area contributed by atoms with Crippen molar-refractivity contribution in [1.29, 1.82) is 0 Å². The first-order valence-corrected chi connectivity index (χ1v) is 5.88. The zero-order valence-electron chi connectivity index (χ0n) is 10.2. The van der Waals surface area contributed by atoms with Gasteiger partial charge >= 0.3 is 0 Å². The monoisotopic (exact) mass is 266 g/mol. The highest BCUT2D eigenvalue weighted by Crippen LogP contribution is 2.38. The fourth-order valence-corrected chi connectivity index (χ4v) is 2.34. The zero-order valence-corrected chi connectivity index (χ0v) is 10.2. The molecule has 4 atom stereocenters. The van der Waals surface area contributed by atoms with Gasteiger partial charge in [0.2, 0.25) is 0 Å². The lowest BCUT2D eigenvalue weighted by molar-refractivity contribution is -0.0902. The molecule has 0 amide bonds. The fourth-order valence-electron chi connectivity index (χ4n) is 2.34. The van der Waals surface area contributed by atoms with Crippen molar-refractivity contribution >= 4 is 11.0 Å². The summed E-state index contributed by atoms with van der Waals surface area (Å²) in [5.41, 5.74) is 0.0270. The van der Waals surface area contributed by atoms with E-state index in [4.69, 9.17) is 9.84 Å². The molecule has 0 saturated carbocycles. The van der Waals surface area contributed by atoms with Gasteiger partial charge in [-0.15, -0.1) is 0 Å². The van der Waals surface area contributed by atoms with E-state index in [1.807, 2.05) is 0 Å². The smallest absolute Gasteiger partial charge is 0.152 e. The van der Waals surface area contributed by atoms with E-state index >= 15 is 0 Å². The maximum Gasteiger partial charge on any atom is 0.152 e. The first-order chi connectivity index (χ1) is 9.06. The molecule has 1 fully saturated rings. The predicted octanol–water partition coefficient (Wildman–Crippen LogP) is -1.32. The molecule has 19 heavy (non-hydrogen) atoms. The number of hydrogen-bond donors (Lipinski definition) is 4. The first-order valence-electron chi connectivity index (χ1n) is 5.88. The molecule has 2 aromatic heterocycles. The average molecular weight is 266 g/mol. The summed E-state index contributed by atoms with van der Waals surface area (Å²) in [6.45, 7) is 1.23. The minimum absolute atomic E-state index is 0.361. The lowest BCUT2D eigenvalue weighted by Crippen LogP contribution is -2.39. The van der Waals surface area contributed by atoms with Gasteiger partial charge in [0.05, 0.1) is 24.5 Å². The van der Waals surface area contributed by atoms with Crippen LogP contribution in [0.1, 0.15) is 12.7 Å². The third-order valence-corrected chi connectivity index (χ3v) is 3.51. The summed E-state index contributed by atoms with van der Waals surface area (Å²) in [4.78, 5) is 7.27. The van der Waals surface area contributed by atoms with Crippen LogP contribution >= 0.6 is 0 Å². The van der Waals surface area contributed by atoms with Crippen LogP contribution in [-0.4, -0.2) is 60.4 Å². The van der Waals surface area contributed by atoms with Crippen LogP contribution in [0.25, 0.3) is 11.0 Å². The van der Waals surface area contributed by atoms with Crippen LogP contribution in [0, 0.1) is 0 Å². The Balaban J connectivity index is 2.04. The van der Waals surface area contributed by atoms with Gasteiger partial charge in [-0.3, -0.25) is 0 Å². The third kappa shape index (κ3) is 1.72. The van der Waals surface area contributed by atoms with E-state index in [0.29, 0.717) is 16.9 Å². The molecule has 0 radical (unpaired) electrons. The Bertz CT molecular complexity index is 570. The van der Waals surface area contributed by atoms with Gasteiger partial charge < -0.3 is 25.0 Å². The van der Waals surface area contributed by atoms with Gasteiger partial charge in [0.25, 0.3) is 0 Å². The number of ether oxygens (including phenoxy) is 1. The second-order valence-electron chi connectivity index (χ2n) is 4.75. The number of aliphatic hydroxyl groups is 3. The Morgan fingerprint density at radius 2 is 2.11 bits per heavy atom. The first kappa shape index (κ1) is 12.4. The fraction of sp³-hybridized carbons (Fsp3) is 0.545. The Labute approximate surface area is 108 Å². The Morgan fingerprint density at radius 1 is 1.37 bits per heavy atom. The lowest BCUT2D eigenvalue weighted by atomic mass is 9.96. The molecule has 8 nitrogen and oxygen atoms in total. The largest absolute Gasteiger partial charge is 0.394 e. The zero-order chi connectivity index (χ0) is 13.6. The van der Waals surface area contributed by atoms with E-state index in [1.54, 1.807) is 6.92 Å². The van der Waals surface area contributed by atoms with Crippen molar-refractivity contribution < 1.29 is 20.1 Å². The molecule has 3 rings (SSSR count). The van der Waals surface area contributed by atoms with Crippen LogP contribution in [-0.2, 0) is 10.3 Å². The molecule has 1 aliphatic heterocycles. The number of hydrogen-bond acceptors (Lipinski definition) is 7. The second-order valence-corrected chi connectivity index (χ2v) is 4.75. The molecule has 0 spiro atoms. The normalized spacial score (nSPS) is 35.1. The molecule has 102 valence electrons. The van der Waals surface area contributed by atoms with Gasteiger partial charge in [0, 0.05) is 0 Å². The van der Waals surface area contributed by atoms with E-state index in [2.05, 4.69) is 20.2 Å². The van der Waals surface area contributed by atoms with Crippen molar-refractivity contribution in [1.82, 2.24) is 20.2 Å². The van der Waals surface area contributed by atoms with Gasteiger partial charge in [-0.1, -0.05) is 0 Å². The highest BCUT2D eigenvalue weighted by atomic mass is 16.6. The van der Waals surface area contributed by atoms with Crippen LogP contribution in [0.5, 0.6) is 0 Å². The number of aliphatic hydroxyl groups excluding tert-OH is 3. The molecule has 8 heteroatoms. The van der Waals surface area contributed by atoms with Crippen molar-refractivity contribution in [2.75, 3.05) is 6.61 Å². The summed E-state index contributed by atoms with van der Waals surface area (Å²) in [6.07, 6.45) is -0.203. The van der Waals surface area contributed by atoms with Crippen LogP contribution in [0.3, 0.4) is 0 Å². The number of imidazole rings is 1. The van der Waals surface area contributed by atoms with Crippen molar-refractivity contribution in [3.8, 4) is 0 Å². The van der Waals surface area contributed by atoms with Gasteiger partial charge in [0.1, 0.15) is 29.7 Å². The standard InChI is InChI=1S/C11H14N4O4/c1-11(9(18)8(17)7(4-16)19-11)10-14-5-2-12-13-3-6(5)15-10/h2-3,7-9,16-18H,4H2,1H3,(H,14,15)/t7-,8-,9-,11-/m1/s1. The molecule has 1 aliphatic rings. The molecule has 0 bridgehead atoms. The van der Waals surface area contributed by atoms with Gasteiger partial charge in [-0.2, -0.15) is 10.2 Å². The topological polar surface area (TPSA) is 124 Å². The van der Waals surface area contributed by atoms with Crippen LogP contribution < -0.4 is 0 Å². The summed E-state index contributed by atoms with van der Waals surface area (Å²) in [6, 6.07) is 0. The lowest BCUT2D eigenvalue weighted by Gasteiger charge is -2.25. The SMILES string of the molecule is C[C@@]1(c2nc3cnncc3[nH]2)O[C@H](CO)[C@@H](O)[C@H]1O. The van der Waals surface area contributed by atoms with E-state index in [1.165, 1.54) is 12.4 Å². The molecule has 3 heterocycles. The number of aromatic nitrogens is 4. The van der Waals surface area contributed by atoms with E-state index in [9.17, 15) is 10.2 Å². The minimum Gasteiger partial charge on any atom is -0.394 e. The third-order valence-electron chi connectivity index (χ3n) is 3.51. The Morgan fingerprint density at radius 3 is 2.74 bits per heavy atom. The number of H-pyrrole nitrogens is 1. The molecule has 0 unspecified atom stereocenters. The molecule has 0 aliphatic carbocycles. The summed E-state index contributed by atoms with van der Waals surface area (Å²) in [5, 5.41) is 36.5. The summed E-state index contributed by atoms with van der Waals surface area (Å²) in [7, 11) is 0. The van der Waals surface area contributed by atoms with Crippen LogP contribution in [0.4, 0.5) is 0 Å². The van der Waals surface area contributed by atoms with Gasteiger partial charge in [-0.25, -0.2) is 4.98 Å². The van der Waals surface area contributed by atoms with Crippen molar-refractivity contribution in [3.63, 3.8) is 0 Å². The molecule has 1 saturated heterocycles. The molecule has 4 N–H and O–H groups in total. The average Bonchev–Trinajstić information content (AvgIpc) is 2.95. The number of rotatable bonds is 2. The summed E-state index contributed by atoms with van der Waals surface area (Å²) >= 11 is 0. The van der Waals surface area contributed by atoms with Crippen molar-refractivity contribution in [2.24, 2.45) is 0 Å². The predicted molar refractivity (Wildman–Crippen MR) is 63.0 cm³/mol. The maximum atomic E-state index is 10.1. The number of nitrogens with zero attached hydrogens (tertiary/aromatic N) is 3. The second kappa shape index (κ2) is 4.20. The van der Waals surface area contributed by atoms with Crippen LogP contribution in [0.2, 0.25) is 0 Å². The maximum absolute atomic E-state index is 10.1. The van der Waals surface area contributed by atoms with E-state index in [-0.39, 0.29) is 6.61 Å². The minimum atomic E-state index is -1.22.